The number of hydrogen-bond donors (Lipinski definition) is 0. The number of ether oxygens (including phenoxy) is 1. The van der Waals surface area contributed by atoms with Gasteiger partial charge in [-0.3, -0.25) is 4.99 Å². The van der Waals surface area contributed by atoms with E-state index in [0.29, 0.717) is 12.0 Å². The molecule has 2 heterocycles. The van der Waals surface area contributed by atoms with Crippen LogP contribution in [0.25, 0.3) is 0 Å². The number of allylic oxidation sites excluding steroid dienone is 1. The first-order valence-electron chi connectivity index (χ1n) is 3.24. The highest BCUT2D eigenvalue weighted by molar-refractivity contribution is 5.72. The molecule has 1 saturated heterocycles. The van der Waals surface area contributed by atoms with Crippen LogP contribution in [0.5, 0.6) is 0 Å². The van der Waals surface area contributed by atoms with Crippen LogP contribution in [0.2, 0.25) is 0 Å². The molecule has 0 aliphatic carbocycles. The highest BCUT2D eigenvalue weighted by Gasteiger charge is 2.25. The Morgan fingerprint density at radius 2 is 2.44 bits per heavy atom. The molecule has 1 fully saturated rings. The number of fused-ring (bicyclic) bond motifs is 1. The Kier molecular flexibility index (Phi) is 1.12. The highest BCUT2D eigenvalue weighted by Crippen LogP contribution is 2.19. The summed E-state index contributed by atoms with van der Waals surface area (Å²) in [7, 11) is 0. The fraction of sp³-hybridized carbons (Fsp3) is 0.571. The van der Waals surface area contributed by atoms with Crippen molar-refractivity contribution in [2.75, 3.05) is 13.2 Å². The van der Waals surface area contributed by atoms with E-state index in [1.807, 2.05) is 12.3 Å². The fourth-order valence-corrected chi connectivity index (χ4v) is 1.25. The topological polar surface area (TPSA) is 21.6 Å². The number of rotatable bonds is 0. The van der Waals surface area contributed by atoms with E-state index in [4.69, 9.17) is 4.74 Å². The maximum absolute atomic E-state index is 5.23. The molecule has 2 unspecified atom stereocenters. The van der Waals surface area contributed by atoms with Crippen molar-refractivity contribution in [2.45, 2.75) is 6.04 Å². The summed E-state index contributed by atoms with van der Waals surface area (Å²) < 4.78 is 5.23. The fourth-order valence-electron chi connectivity index (χ4n) is 1.25. The minimum atomic E-state index is 0.426. The van der Waals surface area contributed by atoms with E-state index in [1.165, 1.54) is 0 Å². The van der Waals surface area contributed by atoms with Gasteiger partial charge in [0.15, 0.2) is 0 Å². The Bertz CT molecular complexity index is 144. The summed E-state index contributed by atoms with van der Waals surface area (Å²) in [5.41, 5.74) is 0. The van der Waals surface area contributed by atoms with Crippen molar-refractivity contribution in [3.8, 4) is 0 Å². The summed E-state index contributed by atoms with van der Waals surface area (Å²) in [4.78, 5) is 4.25. The molecule has 0 aromatic carbocycles. The predicted molar refractivity (Wildman–Crippen MR) is 35.7 cm³/mol. The van der Waals surface area contributed by atoms with E-state index in [2.05, 4.69) is 11.1 Å². The van der Waals surface area contributed by atoms with Crippen LogP contribution in [-0.2, 0) is 4.74 Å². The molecular weight excluding hydrogens is 114 g/mol. The largest absolute Gasteiger partial charge is 0.379 e. The van der Waals surface area contributed by atoms with E-state index < -0.39 is 0 Å². The second kappa shape index (κ2) is 1.95. The zero-order valence-corrected chi connectivity index (χ0v) is 5.16. The molecule has 0 spiro atoms. The van der Waals surface area contributed by atoms with Crippen LogP contribution < -0.4 is 0 Å². The zero-order valence-electron chi connectivity index (χ0n) is 5.16. The lowest BCUT2D eigenvalue weighted by Gasteiger charge is -2.10. The lowest BCUT2D eigenvalue weighted by atomic mass is 10.0. The monoisotopic (exact) mass is 123 g/mol. The maximum atomic E-state index is 5.23. The van der Waals surface area contributed by atoms with Crippen molar-refractivity contribution in [1.29, 1.82) is 0 Å². The average Bonchev–Trinajstić information content (AvgIpc) is 2.33. The molecule has 0 aromatic rings. The summed E-state index contributed by atoms with van der Waals surface area (Å²) in [5.74, 6) is 0.565. The van der Waals surface area contributed by atoms with Gasteiger partial charge in [-0.05, 0) is 6.08 Å². The van der Waals surface area contributed by atoms with Crippen molar-refractivity contribution in [3.63, 3.8) is 0 Å². The quantitative estimate of drug-likeness (QED) is 0.463. The van der Waals surface area contributed by atoms with Gasteiger partial charge in [-0.25, -0.2) is 0 Å². The van der Waals surface area contributed by atoms with E-state index in [1.54, 1.807) is 0 Å². The minimum absolute atomic E-state index is 0.426. The van der Waals surface area contributed by atoms with Gasteiger partial charge >= 0.3 is 0 Å². The number of dihydropyridines is 1. The van der Waals surface area contributed by atoms with Gasteiger partial charge in [0.1, 0.15) is 0 Å². The highest BCUT2D eigenvalue weighted by atomic mass is 16.5. The second-order valence-electron chi connectivity index (χ2n) is 2.45. The van der Waals surface area contributed by atoms with Crippen LogP contribution in [0.3, 0.4) is 0 Å². The molecule has 2 atom stereocenters. The molecule has 0 radical (unpaired) electrons. The van der Waals surface area contributed by atoms with Gasteiger partial charge in [0.05, 0.1) is 19.3 Å². The third-order valence-corrected chi connectivity index (χ3v) is 1.82. The first kappa shape index (κ1) is 5.18. The smallest absolute Gasteiger partial charge is 0.0817 e. The molecule has 0 N–H and O–H groups in total. The third kappa shape index (κ3) is 0.793. The lowest BCUT2D eigenvalue weighted by molar-refractivity contribution is 0.189. The first-order chi connectivity index (χ1) is 4.47. The molecule has 2 rings (SSSR count). The van der Waals surface area contributed by atoms with Crippen LogP contribution in [0.1, 0.15) is 0 Å². The van der Waals surface area contributed by atoms with E-state index >= 15 is 0 Å². The molecule has 0 bridgehead atoms. The summed E-state index contributed by atoms with van der Waals surface area (Å²) >= 11 is 0. The van der Waals surface area contributed by atoms with Gasteiger partial charge in [-0.2, -0.15) is 0 Å². The van der Waals surface area contributed by atoms with Gasteiger partial charge < -0.3 is 4.74 Å². The molecule has 2 aliphatic heterocycles. The second-order valence-corrected chi connectivity index (χ2v) is 2.45. The lowest BCUT2D eigenvalue weighted by Crippen LogP contribution is -2.16. The zero-order chi connectivity index (χ0) is 6.10. The Balaban J connectivity index is 2.18. The number of hydrogen-bond acceptors (Lipinski definition) is 2. The number of aliphatic imine (C=N–C) groups is 1. The summed E-state index contributed by atoms with van der Waals surface area (Å²) in [6.07, 6.45) is 6.02. The van der Waals surface area contributed by atoms with Gasteiger partial charge in [-0.15, -0.1) is 0 Å². The van der Waals surface area contributed by atoms with Crippen LogP contribution in [0.15, 0.2) is 17.1 Å². The molecular formula is C7H9NO. The van der Waals surface area contributed by atoms with Crippen LogP contribution in [-0.4, -0.2) is 25.5 Å². The van der Waals surface area contributed by atoms with Gasteiger partial charge in [0.25, 0.3) is 0 Å². The third-order valence-electron chi connectivity index (χ3n) is 1.82. The van der Waals surface area contributed by atoms with Gasteiger partial charge in [0, 0.05) is 12.1 Å². The van der Waals surface area contributed by atoms with Crippen LogP contribution in [0, 0.1) is 5.92 Å². The normalized spacial score (nSPS) is 39.1. The van der Waals surface area contributed by atoms with Gasteiger partial charge in [0.2, 0.25) is 0 Å². The van der Waals surface area contributed by atoms with Crippen molar-refractivity contribution < 1.29 is 4.74 Å². The standard InChI is InChI=1S/C7H9NO/c1-2-6-4-9-5-7(6)8-3-1/h1-3,6-7H,4-5H2. The predicted octanol–water partition coefficient (Wildman–Crippen LogP) is 0.642. The Labute approximate surface area is 54.2 Å². The Morgan fingerprint density at radius 1 is 1.44 bits per heavy atom. The van der Waals surface area contributed by atoms with Gasteiger partial charge in [-0.1, -0.05) is 6.08 Å². The SMILES string of the molecule is C1=CC2COCC2N=C1. The van der Waals surface area contributed by atoms with E-state index in [-0.39, 0.29) is 0 Å². The average molecular weight is 123 g/mol. The van der Waals surface area contributed by atoms with E-state index in [0.717, 1.165) is 13.2 Å². The molecule has 48 valence electrons. The minimum Gasteiger partial charge on any atom is -0.379 e. The molecule has 2 nitrogen and oxygen atoms in total. The molecule has 0 amide bonds. The summed E-state index contributed by atoms with van der Waals surface area (Å²) in [6.45, 7) is 1.67. The first-order valence-corrected chi connectivity index (χ1v) is 3.24. The Hall–Kier alpha value is -0.630. The Morgan fingerprint density at radius 3 is 3.33 bits per heavy atom. The molecule has 2 heteroatoms. The van der Waals surface area contributed by atoms with Crippen LogP contribution >= 0.6 is 0 Å². The van der Waals surface area contributed by atoms with Crippen molar-refractivity contribution in [2.24, 2.45) is 10.9 Å². The van der Waals surface area contributed by atoms with E-state index in [9.17, 15) is 0 Å². The summed E-state index contributed by atoms with van der Waals surface area (Å²) in [5, 5.41) is 0. The number of nitrogens with zero attached hydrogens (tertiary/aromatic N) is 1. The maximum Gasteiger partial charge on any atom is 0.0817 e. The molecule has 0 saturated carbocycles. The van der Waals surface area contributed by atoms with Crippen molar-refractivity contribution in [1.82, 2.24) is 0 Å². The molecule has 9 heavy (non-hydrogen) atoms. The molecule has 0 aromatic heterocycles. The molecule has 2 aliphatic rings. The summed E-state index contributed by atoms with van der Waals surface area (Å²) in [6, 6.07) is 0.426. The van der Waals surface area contributed by atoms with Crippen molar-refractivity contribution in [3.05, 3.63) is 12.2 Å². The van der Waals surface area contributed by atoms with Crippen LogP contribution in [0.4, 0.5) is 0 Å². The van der Waals surface area contributed by atoms with Crippen molar-refractivity contribution >= 4 is 6.21 Å².